The van der Waals surface area contributed by atoms with E-state index in [0.29, 0.717) is 10.7 Å². The molecule has 146 valence electrons. The van der Waals surface area contributed by atoms with Gasteiger partial charge in [0.25, 0.3) is 0 Å². The second-order valence-corrected chi connectivity index (χ2v) is 8.87. The zero-order chi connectivity index (χ0) is 20.0. The van der Waals surface area contributed by atoms with E-state index in [0.717, 1.165) is 0 Å². The molecular weight excluding hydrogens is 685 g/mol. The van der Waals surface area contributed by atoms with E-state index < -0.39 is 25.4 Å². The maximum atomic E-state index is 12.6. The standard InChI is InChI=1S/C16H19I3O7/c17-13-11(9(24)3-1-7(22)5-20)14(18)16(26)15(19)12(13)10(25)4-2-8(23)6-21/h7-8,20-23,26H,1-6H2. The number of phenolic OH excluding ortho intramolecular Hbond substituents is 1. The second-order valence-electron chi connectivity index (χ2n) is 5.64. The highest BCUT2D eigenvalue weighted by Crippen LogP contribution is 2.37. The van der Waals surface area contributed by atoms with Gasteiger partial charge in [-0.15, -0.1) is 0 Å². The molecule has 0 aliphatic rings. The van der Waals surface area contributed by atoms with Gasteiger partial charge < -0.3 is 25.5 Å². The van der Waals surface area contributed by atoms with Crippen LogP contribution in [0.2, 0.25) is 0 Å². The Morgan fingerprint density at radius 3 is 1.42 bits per heavy atom. The van der Waals surface area contributed by atoms with Crippen LogP contribution >= 0.6 is 67.8 Å². The molecule has 1 aromatic carbocycles. The fraction of sp³-hybridized carbons (Fsp3) is 0.500. The van der Waals surface area contributed by atoms with E-state index in [1.165, 1.54) is 0 Å². The Morgan fingerprint density at radius 1 is 0.769 bits per heavy atom. The third-order valence-corrected chi connectivity index (χ3v) is 6.86. The number of ketones is 2. The molecule has 0 amide bonds. The minimum Gasteiger partial charge on any atom is -0.506 e. The van der Waals surface area contributed by atoms with Crippen molar-refractivity contribution < 1.29 is 35.1 Å². The molecule has 10 heteroatoms. The van der Waals surface area contributed by atoms with Crippen LogP contribution in [0.3, 0.4) is 0 Å². The summed E-state index contributed by atoms with van der Waals surface area (Å²) >= 11 is 5.56. The normalized spacial score (nSPS) is 13.5. The van der Waals surface area contributed by atoms with Gasteiger partial charge in [0.15, 0.2) is 11.6 Å². The van der Waals surface area contributed by atoms with Crippen molar-refractivity contribution in [3.05, 3.63) is 21.8 Å². The van der Waals surface area contributed by atoms with E-state index in [2.05, 4.69) is 0 Å². The number of aliphatic hydroxyl groups is 4. The van der Waals surface area contributed by atoms with Gasteiger partial charge in [-0.2, -0.15) is 0 Å². The lowest BCUT2D eigenvalue weighted by molar-refractivity contribution is 0.0776. The summed E-state index contributed by atoms with van der Waals surface area (Å²) in [7, 11) is 0. The SMILES string of the molecule is O=C(CCC(O)CO)c1c(I)c(O)c(I)c(C(=O)CCC(O)CO)c1I. The highest BCUT2D eigenvalue weighted by molar-refractivity contribution is 14.1. The number of carbonyl (C=O) groups excluding carboxylic acids is 2. The first-order chi connectivity index (χ1) is 12.1. The maximum Gasteiger partial charge on any atom is 0.165 e. The lowest BCUT2D eigenvalue weighted by Gasteiger charge is -2.16. The van der Waals surface area contributed by atoms with Crippen LogP contribution in [-0.2, 0) is 0 Å². The highest BCUT2D eigenvalue weighted by Gasteiger charge is 2.27. The van der Waals surface area contributed by atoms with Crippen LogP contribution in [0.4, 0.5) is 0 Å². The van der Waals surface area contributed by atoms with Gasteiger partial charge in [0.1, 0.15) is 5.75 Å². The molecule has 0 spiro atoms. The topological polar surface area (TPSA) is 135 Å². The van der Waals surface area contributed by atoms with Gasteiger partial charge >= 0.3 is 0 Å². The van der Waals surface area contributed by atoms with Gasteiger partial charge in [-0.25, -0.2) is 0 Å². The predicted octanol–water partition coefficient (Wildman–Crippen LogP) is 1.84. The summed E-state index contributed by atoms with van der Waals surface area (Å²) in [6, 6.07) is 0. The zero-order valence-corrected chi connectivity index (χ0v) is 20.1. The number of rotatable bonds is 10. The molecule has 0 heterocycles. The molecule has 5 N–H and O–H groups in total. The average Bonchev–Trinajstić information content (AvgIpc) is 2.62. The minimum absolute atomic E-state index is 0.0371. The first-order valence-corrected chi connectivity index (χ1v) is 10.9. The molecule has 0 saturated heterocycles. The molecule has 0 saturated carbocycles. The van der Waals surface area contributed by atoms with Crippen molar-refractivity contribution in [3.8, 4) is 5.75 Å². The summed E-state index contributed by atoms with van der Waals surface area (Å²) < 4.78 is 1.06. The number of benzene rings is 1. The van der Waals surface area contributed by atoms with Gasteiger partial charge in [0.2, 0.25) is 0 Å². The molecule has 7 nitrogen and oxygen atoms in total. The summed E-state index contributed by atoms with van der Waals surface area (Å²) in [6.45, 7) is -0.896. The van der Waals surface area contributed by atoms with Crippen molar-refractivity contribution in [1.82, 2.24) is 0 Å². The van der Waals surface area contributed by atoms with Crippen molar-refractivity contribution in [2.75, 3.05) is 13.2 Å². The summed E-state index contributed by atoms with van der Waals surface area (Å²) in [5.74, 6) is -0.853. The first-order valence-electron chi connectivity index (χ1n) is 7.69. The van der Waals surface area contributed by atoms with Crippen LogP contribution in [0.5, 0.6) is 5.75 Å². The predicted molar refractivity (Wildman–Crippen MR) is 120 cm³/mol. The summed E-state index contributed by atoms with van der Waals surface area (Å²) in [5, 5.41) is 46.9. The van der Waals surface area contributed by atoms with Crippen molar-refractivity contribution in [1.29, 1.82) is 0 Å². The van der Waals surface area contributed by atoms with Gasteiger partial charge in [0, 0.05) is 27.5 Å². The summed E-state index contributed by atoms with van der Waals surface area (Å²) in [5.41, 5.74) is 0.417. The quantitative estimate of drug-likeness (QED) is 0.186. The Kier molecular flexibility index (Phi) is 10.7. The minimum atomic E-state index is -1.01. The maximum absolute atomic E-state index is 12.6. The lowest BCUT2D eigenvalue weighted by Crippen LogP contribution is -2.18. The van der Waals surface area contributed by atoms with Crippen molar-refractivity contribution in [2.45, 2.75) is 37.9 Å². The van der Waals surface area contributed by atoms with Crippen LogP contribution in [-0.4, -0.2) is 62.5 Å². The molecule has 2 unspecified atom stereocenters. The Bertz CT molecular complexity index is 625. The fourth-order valence-electron chi connectivity index (χ4n) is 2.17. The molecule has 0 fully saturated rings. The van der Waals surface area contributed by atoms with E-state index >= 15 is 0 Å². The lowest BCUT2D eigenvalue weighted by atomic mass is 9.98. The largest absolute Gasteiger partial charge is 0.506 e. The Hall–Kier alpha value is 0.390. The van der Waals surface area contributed by atoms with Crippen LogP contribution in [0.25, 0.3) is 0 Å². The van der Waals surface area contributed by atoms with E-state index in [1.807, 2.05) is 67.8 Å². The smallest absolute Gasteiger partial charge is 0.165 e. The average molecular weight is 704 g/mol. The molecule has 26 heavy (non-hydrogen) atoms. The van der Waals surface area contributed by atoms with Gasteiger partial charge in [-0.1, -0.05) is 0 Å². The Morgan fingerprint density at radius 2 is 1.12 bits per heavy atom. The van der Waals surface area contributed by atoms with E-state index in [4.69, 9.17) is 10.2 Å². The number of halogens is 3. The van der Waals surface area contributed by atoms with Gasteiger partial charge in [0.05, 0.1) is 32.6 Å². The molecule has 0 radical (unpaired) electrons. The number of carbonyl (C=O) groups is 2. The molecule has 0 aliphatic carbocycles. The van der Waals surface area contributed by atoms with Crippen LogP contribution in [0, 0.1) is 10.7 Å². The molecule has 0 aliphatic heterocycles. The van der Waals surface area contributed by atoms with Gasteiger partial charge in [-0.05, 0) is 80.6 Å². The summed E-state index contributed by atoms with van der Waals surface area (Å²) in [6.07, 6.45) is -1.95. The number of aromatic hydroxyl groups is 1. The Balaban J connectivity index is 3.22. The zero-order valence-electron chi connectivity index (χ0n) is 13.6. The number of aliphatic hydroxyl groups excluding tert-OH is 4. The van der Waals surface area contributed by atoms with Crippen LogP contribution in [0.15, 0.2) is 0 Å². The van der Waals surface area contributed by atoms with Crippen molar-refractivity contribution in [3.63, 3.8) is 0 Å². The first kappa shape index (κ1) is 24.4. The third kappa shape index (κ3) is 6.20. The fourth-order valence-corrected chi connectivity index (χ4v) is 6.54. The molecular formula is C16H19I3O7. The van der Waals surface area contributed by atoms with Crippen molar-refractivity contribution in [2.24, 2.45) is 0 Å². The number of phenols is 1. The molecule has 1 rings (SSSR count). The molecule has 0 aromatic heterocycles. The number of hydrogen-bond acceptors (Lipinski definition) is 7. The highest BCUT2D eigenvalue weighted by atomic mass is 127. The summed E-state index contributed by atoms with van der Waals surface area (Å²) in [4.78, 5) is 25.1. The molecule has 2 atom stereocenters. The van der Waals surface area contributed by atoms with Crippen molar-refractivity contribution >= 4 is 79.3 Å². The monoisotopic (exact) mass is 704 g/mol. The molecule has 1 aromatic rings. The number of Topliss-reactive ketones (excluding diaryl/α,β-unsaturated/α-hetero) is 2. The van der Waals surface area contributed by atoms with E-state index in [1.54, 1.807) is 0 Å². The van der Waals surface area contributed by atoms with E-state index in [-0.39, 0.29) is 54.1 Å². The van der Waals surface area contributed by atoms with E-state index in [9.17, 15) is 24.9 Å². The second kappa shape index (κ2) is 11.4. The number of hydrogen-bond donors (Lipinski definition) is 5. The Labute approximate surface area is 191 Å². The van der Waals surface area contributed by atoms with Crippen LogP contribution < -0.4 is 0 Å². The third-order valence-electron chi connectivity index (χ3n) is 3.68. The van der Waals surface area contributed by atoms with Crippen LogP contribution in [0.1, 0.15) is 46.4 Å². The van der Waals surface area contributed by atoms with Gasteiger partial charge in [-0.3, -0.25) is 9.59 Å². The molecule has 0 bridgehead atoms.